The van der Waals surface area contributed by atoms with E-state index >= 15 is 0 Å². The number of amides is 2. The van der Waals surface area contributed by atoms with E-state index in [0.29, 0.717) is 12.1 Å². The third kappa shape index (κ3) is 3.44. The van der Waals surface area contributed by atoms with Crippen molar-refractivity contribution in [3.05, 3.63) is 58.3 Å². The van der Waals surface area contributed by atoms with Gasteiger partial charge in [-0.3, -0.25) is 24.4 Å². The van der Waals surface area contributed by atoms with Gasteiger partial charge in [0.05, 0.1) is 16.8 Å². The number of carbonyl (C=O) groups is 2. The van der Waals surface area contributed by atoms with Crippen LogP contribution in [0.25, 0.3) is 0 Å². The largest absolute Gasteiger partial charge is 0.297 e. The quantitative estimate of drug-likeness (QED) is 0.700. The molecule has 2 aliphatic heterocycles. The Kier molecular flexibility index (Phi) is 4.86. The highest BCUT2D eigenvalue weighted by Gasteiger charge is 2.52. The van der Waals surface area contributed by atoms with Crippen LogP contribution in [0.3, 0.4) is 0 Å². The van der Waals surface area contributed by atoms with Gasteiger partial charge in [0.1, 0.15) is 0 Å². The number of hydrogen-bond acceptors (Lipinski definition) is 4. The van der Waals surface area contributed by atoms with Crippen LogP contribution in [0.5, 0.6) is 0 Å². The summed E-state index contributed by atoms with van der Waals surface area (Å²) in [5.41, 5.74) is 2.39. The highest BCUT2D eigenvalue weighted by molar-refractivity contribution is 9.10. The Hall–Kier alpha value is -2.05. The molecule has 1 aromatic carbocycles. The number of aryl methyl sites for hydroxylation is 1. The second kappa shape index (κ2) is 7.17. The molecule has 27 heavy (non-hydrogen) atoms. The predicted octanol–water partition coefficient (Wildman–Crippen LogP) is 3.70. The van der Waals surface area contributed by atoms with Gasteiger partial charge >= 0.3 is 0 Å². The van der Waals surface area contributed by atoms with Crippen molar-refractivity contribution in [2.24, 2.45) is 5.41 Å². The number of rotatable bonds is 3. The highest BCUT2D eigenvalue weighted by atomic mass is 79.9. The van der Waals surface area contributed by atoms with E-state index in [1.54, 1.807) is 0 Å². The Morgan fingerprint density at radius 3 is 2.48 bits per heavy atom. The number of nitrogens with zero attached hydrogens (tertiary/aromatic N) is 3. The minimum atomic E-state index is -0.542. The standard InChI is InChI=1S/C21H22BrN3O2/c1-15-3-2-10-23-18(15)14-24-11-8-21(9-12-24)13-19(26)25(20(21)27)17-6-4-16(22)5-7-17/h2-7,10H,8-9,11-14H2,1H3. The first kappa shape index (κ1) is 18.3. The lowest BCUT2D eigenvalue weighted by molar-refractivity contribution is -0.128. The van der Waals surface area contributed by atoms with Gasteiger partial charge in [0, 0.05) is 23.6 Å². The monoisotopic (exact) mass is 427 g/mol. The Bertz CT molecular complexity index is 873. The number of pyridine rings is 1. The SMILES string of the molecule is Cc1cccnc1CN1CCC2(CC1)CC(=O)N(c1ccc(Br)cc1)C2=O. The van der Waals surface area contributed by atoms with Crippen LogP contribution in [0.15, 0.2) is 47.1 Å². The summed E-state index contributed by atoms with van der Waals surface area (Å²) in [5, 5.41) is 0. The molecule has 4 rings (SSSR count). The van der Waals surface area contributed by atoms with Crippen molar-refractivity contribution in [1.82, 2.24) is 9.88 Å². The van der Waals surface area contributed by atoms with Crippen LogP contribution >= 0.6 is 15.9 Å². The normalized spacial score (nSPS) is 19.9. The van der Waals surface area contributed by atoms with Gasteiger partial charge in [-0.15, -0.1) is 0 Å². The number of carbonyl (C=O) groups excluding carboxylic acids is 2. The zero-order valence-corrected chi connectivity index (χ0v) is 16.9. The molecule has 2 amide bonds. The number of halogens is 1. The molecule has 2 aliphatic rings. The van der Waals surface area contributed by atoms with Crippen LogP contribution in [-0.4, -0.2) is 34.8 Å². The molecule has 140 valence electrons. The molecule has 5 nitrogen and oxygen atoms in total. The van der Waals surface area contributed by atoms with E-state index in [2.05, 4.69) is 38.8 Å². The average molecular weight is 428 g/mol. The predicted molar refractivity (Wildman–Crippen MR) is 107 cm³/mol. The summed E-state index contributed by atoms with van der Waals surface area (Å²) in [6, 6.07) is 11.4. The minimum absolute atomic E-state index is 0.0384. The maximum absolute atomic E-state index is 13.2. The van der Waals surface area contributed by atoms with Gasteiger partial charge in [-0.1, -0.05) is 22.0 Å². The molecule has 6 heteroatoms. The van der Waals surface area contributed by atoms with Gasteiger partial charge in [0.15, 0.2) is 0 Å². The molecule has 2 fully saturated rings. The first-order valence-electron chi connectivity index (χ1n) is 9.24. The van der Waals surface area contributed by atoms with Crippen molar-refractivity contribution < 1.29 is 9.59 Å². The second-order valence-electron chi connectivity index (χ2n) is 7.51. The van der Waals surface area contributed by atoms with Crippen LogP contribution in [0.4, 0.5) is 5.69 Å². The van der Waals surface area contributed by atoms with Gasteiger partial charge in [0.25, 0.3) is 0 Å². The zero-order chi connectivity index (χ0) is 19.0. The molecule has 0 saturated carbocycles. The van der Waals surface area contributed by atoms with E-state index in [-0.39, 0.29) is 11.8 Å². The third-order valence-electron chi connectivity index (χ3n) is 5.79. The fourth-order valence-corrected chi connectivity index (χ4v) is 4.34. The van der Waals surface area contributed by atoms with Crippen molar-refractivity contribution in [3.8, 4) is 0 Å². The molecule has 0 N–H and O–H groups in total. The maximum atomic E-state index is 13.2. The number of hydrogen-bond donors (Lipinski definition) is 0. The Labute approximate surface area is 167 Å². The summed E-state index contributed by atoms with van der Waals surface area (Å²) in [6.45, 7) is 4.48. The van der Waals surface area contributed by atoms with E-state index in [1.807, 2.05) is 36.5 Å². The lowest BCUT2D eigenvalue weighted by Crippen LogP contribution is -2.44. The van der Waals surface area contributed by atoms with Crippen LogP contribution in [0, 0.1) is 12.3 Å². The van der Waals surface area contributed by atoms with Crippen LogP contribution < -0.4 is 4.90 Å². The average Bonchev–Trinajstić information content (AvgIpc) is 2.90. The topological polar surface area (TPSA) is 53.5 Å². The van der Waals surface area contributed by atoms with Gasteiger partial charge < -0.3 is 0 Å². The van der Waals surface area contributed by atoms with E-state index < -0.39 is 5.41 Å². The molecule has 1 spiro atoms. The number of anilines is 1. The van der Waals surface area contributed by atoms with Crippen molar-refractivity contribution in [3.63, 3.8) is 0 Å². The van der Waals surface area contributed by atoms with E-state index in [9.17, 15) is 9.59 Å². The van der Waals surface area contributed by atoms with Gasteiger partial charge in [-0.2, -0.15) is 0 Å². The lowest BCUT2D eigenvalue weighted by Gasteiger charge is -2.37. The van der Waals surface area contributed by atoms with Crippen molar-refractivity contribution >= 4 is 33.4 Å². The summed E-state index contributed by atoms with van der Waals surface area (Å²) in [7, 11) is 0. The molecule has 2 saturated heterocycles. The lowest BCUT2D eigenvalue weighted by atomic mass is 9.77. The number of piperidine rings is 1. The van der Waals surface area contributed by atoms with Crippen LogP contribution in [0.2, 0.25) is 0 Å². The zero-order valence-electron chi connectivity index (χ0n) is 15.3. The van der Waals surface area contributed by atoms with Crippen molar-refractivity contribution in [2.75, 3.05) is 18.0 Å². The van der Waals surface area contributed by atoms with Crippen molar-refractivity contribution in [1.29, 1.82) is 0 Å². The number of benzene rings is 1. The summed E-state index contributed by atoms with van der Waals surface area (Å²) < 4.78 is 0.929. The molecule has 2 aromatic rings. The van der Waals surface area contributed by atoms with Gasteiger partial charge in [0.2, 0.25) is 11.8 Å². The van der Waals surface area contributed by atoms with E-state index in [0.717, 1.165) is 42.6 Å². The maximum Gasteiger partial charge on any atom is 0.240 e. The highest BCUT2D eigenvalue weighted by Crippen LogP contribution is 2.44. The molecule has 0 atom stereocenters. The molecular formula is C21H22BrN3O2. The molecule has 0 aliphatic carbocycles. The fourth-order valence-electron chi connectivity index (χ4n) is 4.07. The summed E-state index contributed by atoms with van der Waals surface area (Å²) >= 11 is 3.39. The van der Waals surface area contributed by atoms with Crippen molar-refractivity contribution in [2.45, 2.75) is 32.7 Å². The molecule has 3 heterocycles. The van der Waals surface area contributed by atoms with Gasteiger partial charge in [-0.25, -0.2) is 0 Å². The molecule has 0 unspecified atom stereocenters. The summed E-state index contributed by atoms with van der Waals surface area (Å²) in [6.07, 6.45) is 3.58. The first-order chi connectivity index (χ1) is 13.0. The van der Waals surface area contributed by atoms with E-state index in [4.69, 9.17) is 0 Å². The van der Waals surface area contributed by atoms with Gasteiger partial charge in [-0.05, 0) is 68.8 Å². The Morgan fingerprint density at radius 2 is 1.81 bits per heavy atom. The minimum Gasteiger partial charge on any atom is -0.297 e. The number of imide groups is 1. The van der Waals surface area contributed by atoms with Crippen LogP contribution in [-0.2, 0) is 16.1 Å². The summed E-state index contributed by atoms with van der Waals surface area (Å²) in [4.78, 5) is 34.0. The fraction of sp³-hybridized carbons (Fsp3) is 0.381. The Morgan fingerprint density at radius 1 is 1.11 bits per heavy atom. The third-order valence-corrected chi connectivity index (χ3v) is 6.31. The van der Waals surface area contributed by atoms with Crippen LogP contribution in [0.1, 0.15) is 30.5 Å². The first-order valence-corrected chi connectivity index (χ1v) is 10.0. The molecular weight excluding hydrogens is 406 g/mol. The summed E-state index contributed by atoms with van der Waals surface area (Å²) in [5.74, 6) is -0.125. The second-order valence-corrected chi connectivity index (χ2v) is 8.43. The molecule has 0 bridgehead atoms. The van der Waals surface area contributed by atoms with E-state index in [1.165, 1.54) is 10.5 Å². The number of aromatic nitrogens is 1. The smallest absolute Gasteiger partial charge is 0.240 e. The molecule has 0 radical (unpaired) electrons. The molecule has 1 aromatic heterocycles. The number of likely N-dealkylation sites (tertiary alicyclic amines) is 1. The Balaban J connectivity index is 1.46.